The molecule has 2 aliphatic heterocycles. The second kappa shape index (κ2) is 10.6. The predicted octanol–water partition coefficient (Wildman–Crippen LogP) is 3.64. The van der Waals surface area contributed by atoms with Crippen molar-refractivity contribution in [3.8, 4) is 0 Å². The molecule has 1 amide bonds. The molecule has 1 aromatic carbocycles. The Morgan fingerprint density at radius 3 is 2.84 bits per heavy atom. The maximum Gasteiger partial charge on any atom is 0.241 e. The number of amides is 1. The van der Waals surface area contributed by atoms with Crippen LogP contribution in [-0.4, -0.2) is 69.0 Å². The van der Waals surface area contributed by atoms with Gasteiger partial charge in [0.25, 0.3) is 0 Å². The average Bonchev–Trinajstić information content (AvgIpc) is 3.24. The van der Waals surface area contributed by atoms with Crippen LogP contribution in [0.4, 0.5) is 0 Å². The summed E-state index contributed by atoms with van der Waals surface area (Å²) in [5.74, 6) is 0.667. The zero-order valence-corrected chi connectivity index (χ0v) is 22.2. The van der Waals surface area contributed by atoms with Gasteiger partial charge in [0.1, 0.15) is 0 Å². The van der Waals surface area contributed by atoms with Crippen molar-refractivity contribution >= 4 is 17.5 Å². The molecule has 1 aliphatic carbocycles. The van der Waals surface area contributed by atoms with Crippen molar-refractivity contribution in [2.45, 2.75) is 51.2 Å². The second-order valence-electron chi connectivity index (χ2n) is 10.8. The van der Waals surface area contributed by atoms with E-state index in [9.17, 15) is 4.79 Å². The van der Waals surface area contributed by atoms with Gasteiger partial charge in [-0.1, -0.05) is 29.8 Å². The molecule has 0 bridgehead atoms. The summed E-state index contributed by atoms with van der Waals surface area (Å²) in [5.41, 5.74) is 5.83. The van der Waals surface area contributed by atoms with Crippen molar-refractivity contribution < 1.29 is 4.79 Å². The number of fused-ring (bicyclic) bond motifs is 2. The molecule has 3 aliphatic rings. The highest BCUT2D eigenvalue weighted by Crippen LogP contribution is 2.39. The Labute approximate surface area is 223 Å². The summed E-state index contributed by atoms with van der Waals surface area (Å²) < 4.78 is 2.16. The molecule has 0 radical (unpaired) electrons. The van der Waals surface area contributed by atoms with Gasteiger partial charge < -0.3 is 14.8 Å². The number of nitrogens with one attached hydrogen (secondary N) is 1. The van der Waals surface area contributed by atoms with E-state index in [-0.39, 0.29) is 18.0 Å². The maximum absolute atomic E-state index is 13.8. The molecule has 3 aromatic rings. The number of pyridine rings is 1. The quantitative estimate of drug-likeness (QED) is 0.571. The van der Waals surface area contributed by atoms with E-state index >= 15 is 0 Å². The van der Waals surface area contributed by atoms with Gasteiger partial charge in [-0.15, -0.1) is 0 Å². The van der Waals surface area contributed by atoms with Crippen LogP contribution in [0.1, 0.15) is 47.0 Å². The Kier molecular flexibility index (Phi) is 7.02. The third kappa shape index (κ3) is 5.05. The first-order chi connectivity index (χ1) is 18.1. The number of rotatable bonds is 4. The van der Waals surface area contributed by atoms with E-state index in [1.165, 1.54) is 11.1 Å². The molecule has 2 saturated heterocycles. The minimum Gasteiger partial charge on any atom is -0.341 e. The highest BCUT2D eigenvalue weighted by atomic mass is 35.5. The first-order valence-electron chi connectivity index (χ1n) is 13.5. The summed E-state index contributed by atoms with van der Waals surface area (Å²) in [7, 11) is 0. The van der Waals surface area contributed by atoms with E-state index in [4.69, 9.17) is 16.6 Å². The van der Waals surface area contributed by atoms with Gasteiger partial charge in [-0.2, -0.15) is 0 Å². The molecule has 2 aromatic heterocycles. The molecule has 8 heteroatoms. The first-order valence-corrected chi connectivity index (χ1v) is 13.9. The molecule has 37 heavy (non-hydrogen) atoms. The van der Waals surface area contributed by atoms with Crippen molar-refractivity contribution in [2.24, 2.45) is 5.92 Å². The number of hydrogen-bond acceptors (Lipinski definition) is 5. The summed E-state index contributed by atoms with van der Waals surface area (Å²) in [6, 6.07) is 10.2. The van der Waals surface area contributed by atoms with Gasteiger partial charge in [0.15, 0.2) is 0 Å². The molecule has 1 unspecified atom stereocenters. The molecule has 6 rings (SSSR count). The van der Waals surface area contributed by atoms with Crippen molar-refractivity contribution in [3.63, 3.8) is 0 Å². The number of carbonyl (C=O) groups is 1. The number of benzene rings is 1. The lowest BCUT2D eigenvalue weighted by Gasteiger charge is -2.41. The lowest BCUT2D eigenvalue weighted by Crippen LogP contribution is -2.59. The number of hydrogen-bond donors (Lipinski definition) is 1. The molecular weight excluding hydrogens is 484 g/mol. The fourth-order valence-corrected chi connectivity index (χ4v) is 6.75. The molecule has 0 spiro atoms. The topological polar surface area (TPSA) is 66.3 Å². The fourth-order valence-electron chi connectivity index (χ4n) is 6.45. The molecule has 3 atom stereocenters. The van der Waals surface area contributed by atoms with Crippen LogP contribution < -0.4 is 5.32 Å². The fraction of sp³-hybridized carbons (Fsp3) is 0.483. The number of piperidine rings is 1. The van der Waals surface area contributed by atoms with Crippen LogP contribution in [0, 0.1) is 12.8 Å². The van der Waals surface area contributed by atoms with Crippen molar-refractivity contribution in [1.82, 2.24) is 29.7 Å². The molecule has 7 nitrogen and oxygen atoms in total. The number of piperazine rings is 1. The van der Waals surface area contributed by atoms with Gasteiger partial charge in [-0.05, 0) is 67.3 Å². The zero-order valence-electron chi connectivity index (χ0n) is 21.4. The van der Waals surface area contributed by atoms with E-state index in [1.54, 1.807) is 0 Å². The van der Waals surface area contributed by atoms with Crippen LogP contribution in [0.3, 0.4) is 0 Å². The lowest BCUT2D eigenvalue weighted by molar-refractivity contribution is -0.136. The first kappa shape index (κ1) is 24.6. The minimum atomic E-state index is -0.232. The summed E-state index contributed by atoms with van der Waals surface area (Å²) in [6.07, 6.45) is 9.96. The highest BCUT2D eigenvalue weighted by Gasteiger charge is 2.38. The van der Waals surface area contributed by atoms with Crippen LogP contribution in [0.15, 0.2) is 49.1 Å². The van der Waals surface area contributed by atoms with Crippen LogP contribution in [0.2, 0.25) is 5.02 Å². The number of aromatic nitrogens is 3. The van der Waals surface area contributed by atoms with E-state index in [1.807, 2.05) is 37.6 Å². The van der Waals surface area contributed by atoms with Gasteiger partial charge in [0.05, 0.1) is 29.8 Å². The third-order valence-corrected chi connectivity index (χ3v) is 8.53. The van der Waals surface area contributed by atoms with E-state index in [0.717, 1.165) is 80.4 Å². The Morgan fingerprint density at radius 1 is 1.11 bits per heavy atom. The van der Waals surface area contributed by atoms with E-state index < -0.39 is 0 Å². The average molecular weight is 519 g/mol. The van der Waals surface area contributed by atoms with Gasteiger partial charge in [0.2, 0.25) is 5.91 Å². The van der Waals surface area contributed by atoms with E-state index in [0.29, 0.717) is 12.5 Å². The largest absolute Gasteiger partial charge is 0.341 e. The SMILES string of the molecule is Cc1cn(C[C@H]2CCCN(C(=O)[C@H]3CN(C4c5ncccc5CCc5cccc(Cl)c54)CCN3)C2)cn1. The smallest absolute Gasteiger partial charge is 0.241 e. The summed E-state index contributed by atoms with van der Waals surface area (Å²) in [4.78, 5) is 27.5. The molecule has 4 heterocycles. The molecule has 1 N–H and O–H groups in total. The summed E-state index contributed by atoms with van der Waals surface area (Å²) >= 11 is 6.85. The van der Waals surface area contributed by atoms with Gasteiger partial charge in [-0.25, -0.2) is 4.98 Å². The number of halogens is 1. The van der Waals surface area contributed by atoms with Crippen molar-refractivity contribution in [1.29, 1.82) is 0 Å². The van der Waals surface area contributed by atoms with Crippen LogP contribution in [0.25, 0.3) is 0 Å². The van der Waals surface area contributed by atoms with Crippen molar-refractivity contribution in [2.75, 3.05) is 32.7 Å². The number of aryl methyl sites for hydroxylation is 3. The number of likely N-dealkylation sites (tertiary alicyclic amines) is 1. The van der Waals surface area contributed by atoms with E-state index in [2.05, 4.69) is 43.0 Å². The molecule has 194 valence electrons. The predicted molar refractivity (Wildman–Crippen MR) is 145 cm³/mol. The van der Waals surface area contributed by atoms with Crippen LogP contribution in [0.5, 0.6) is 0 Å². The van der Waals surface area contributed by atoms with Crippen LogP contribution in [-0.2, 0) is 24.2 Å². The van der Waals surface area contributed by atoms with Gasteiger partial charge in [0, 0.05) is 56.7 Å². The van der Waals surface area contributed by atoms with Crippen LogP contribution >= 0.6 is 11.6 Å². The summed E-state index contributed by atoms with van der Waals surface area (Å²) in [5, 5.41) is 4.32. The number of carbonyl (C=O) groups excluding carboxylic acids is 1. The monoisotopic (exact) mass is 518 g/mol. The Morgan fingerprint density at radius 2 is 1.97 bits per heavy atom. The number of nitrogens with zero attached hydrogens (tertiary/aromatic N) is 5. The van der Waals surface area contributed by atoms with Gasteiger partial charge >= 0.3 is 0 Å². The molecule has 0 saturated carbocycles. The minimum absolute atomic E-state index is 0.0432. The van der Waals surface area contributed by atoms with Gasteiger partial charge in [-0.3, -0.25) is 14.7 Å². The Bertz CT molecular complexity index is 1270. The summed E-state index contributed by atoms with van der Waals surface area (Å²) in [6.45, 7) is 6.82. The third-order valence-electron chi connectivity index (χ3n) is 8.20. The second-order valence-corrected chi connectivity index (χ2v) is 11.2. The maximum atomic E-state index is 13.8. The van der Waals surface area contributed by atoms with Crippen molar-refractivity contribution in [3.05, 3.63) is 82.2 Å². The Hall–Kier alpha value is -2.74. The Balaban J connectivity index is 1.22. The normalized spacial score (nSPS) is 24.3. The molecule has 2 fully saturated rings. The standard InChI is InChI=1S/C29H35ClN6O/c1-20-15-34(19-33-20)16-21-5-4-13-36(17-21)29(37)25-18-35(14-12-31-25)28-26-22(6-2-8-24(26)30)9-10-23-7-3-11-32-27(23)28/h2-3,6-8,11,15,19,21,25,28,31H,4-5,9-10,12-14,16-18H2,1H3/t21-,25-,28?/m1/s1. The number of imidazole rings is 1. The zero-order chi connectivity index (χ0) is 25.4. The highest BCUT2D eigenvalue weighted by molar-refractivity contribution is 6.31. The lowest BCUT2D eigenvalue weighted by atomic mass is 9.94. The molecular formula is C29H35ClN6O.